The van der Waals surface area contributed by atoms with E-state index in [-0.39, 0.29) is 17.1 Å². The standard InChI is InChI=1S/C25H31N3O5S2/c1-5-14-28-23-21(32-6-2)8-7-9-22(23)34-25(28)26-24(29)19-10-12-20(13-11-19)35(30,31)27-15-17(3)33-18(4)16-27/h7-13,17-18H,5-6,14-16H2,1-4H3/t17-,18-/m1/s1. The van der Waals surface area contributed by atoms with Gasteiger partial charge >= 0.3 is 0 Å². The number of hydrogen-bond acceptors (Lipinski definition) is 6. The molecule has 188 valence electrons. The van der Waals surface area contributed by atoms with Gasteiger partial charge in [0.1, 0.15) is 11.3 Å². The van der Waals surface area contributed by atoms with E-state index < -0.39 is 15.9 Å². The highest BCUT2D eigenvalue weighted by Crippen LogP contribution is 2.28. The van der Waals surface area contributed by atoms with E-state index in [2.05, 4.69) is 11.9 Å². The molecule has 2 heterocycles. The Morgan fingerprint density at radius 2 is 1.80 bits per heavy atom. The van der Waals surface area contributed by atoms with Gasteiger partial charge in [0.2, 0.25) is 10.0 Å². The summed E-state index contributed by atoms with van der Waals surface area (Å²) < 4.78 is 42.1. The molecule has 1 saturated heterocycles. The Hall–Kier alpha value is -2.53. The number of nitrogens with zero attached hydrogens (tertiary/aromatic N) is 3. The van der Waals surface area contributed by atoms with Crippen LogP contribution in [0.4, 0.5) is 0 Å². The van der Waals surface area contributed by atoms with Crippen LogP contribution in [0, 0.1) is 0 Å². The molecule has 1 aliphatic heterocycles. The molecule has 8 nitrogen and oxygen atoms in total. The van der Waals surface area contributed by atoms with Gasteiger partial charge in [0, 0.05) is 25.2 Å². The number of sulfonamides is 1. The number of benzene rings is 2. The zero-order valence-electron chi connectivity index (χ0n) is 20.4. The Morgan fingerprint density at radius 3 is 2.43 bits per heavy atom. The van der Waals surface area contributed by atoms with Gasteiger partial charge in [-0.3, -0.25) is 4.79 Å². The minimum atomic E-state index is -3.68. The van der Waals surface area contributed by atoms with Gasteiger partial charge in [0.05, 0.1) is 28.4 Å². The van der Waals surface area contributed by atoms with Gasteiger partial charge < -0.3 is 14.0 Å². The summed E-state index contributed by atoms with van der Waals surface area (Å²) in [6.07, 6.45) is 0.527. The van der Waals surface area contributed by atoms with Gasteiger partial charge in [-0.1, -0.05) is 24.3 Å². The van der Waals surface area contributed by atoms with Crippen LogP contribution in [0.5, 0.6) is 5.75 Å². The van der Waals surface area contributed by atoms with Crippen molar-refractivity contribution in [3.05, 3.63) is 52.8 Å². The molecule has 0 N–H and O–H groups in total. The summed E-state index contributed by atoms with van der Waals surface area (Å²) in [6, 6.07) is 11.8. The first-order valence-corrected chi connectivity index (χ1v) is 14.1. The summed E-state index contributed by atoms with van der Waals surface area (Å²) in [7, 11) is -3.68. The molecule has 1 aromatic heterocycles. The number of carbonyl (C=O) groups excluding carboxylic acids is 1. The van der Waals surface area contributed by atoms with Crippen molar-refractivity contribution in [2.75, 3.05) is 19.7 Å². The molecular formula is C25H31N3O5S2. The second-order valence-electron chi connectivity index (χ2n) is 8.59. The van der Waals surface area contributed by atoms with Crippen molar-refractivity contribution in [2.24, 2.45) is 4.99 Å². The third-order valence-electron chi connectivity index (χ3n) is 5.73. The number of rotatable bonds is 7. The summed E-state index contributed by atoms with van der Waals surface area (Å²) in [4.78, 5) is 18.2. The molecule has 1 aliphatic rings. The number of aromatic nitrogens is 1. The fourth-order valence-corrected chi connectivity index (χ4v) is 6.95. The molecular weight excluding hydrogens is 486 g/mol. The van der Waals surface area contributed by atoms with Crippen LogP contribution in [0.25, 0.3) is 10.2 Å². The quantitative estimate of drug-likeness (QED) is 0.472. The Morgan fingerprint density at radius 1 is 1.11 bits per heavy atom. The number of amides is 1. The first kappa shape index (κ1) is 25.6. The molecule has 1 amide bonds. The van der Waals surface area contributed by atoms with Crippen LogP contribution in [0.1, 0.15) is 44.5 Å². The summed E-state index contributed by atoms with van der Waals surface area (Å²) in [5, 5.41) is 0. The van der Waals surface area contributed by atoms with Crippen molar-refractivity contribution in [3.63, 3.8) is 0 Å². The predicted octanol–water partition coefficient (Wildman–Crippen LogP) is 4.05. The van der Waals surface area contributed by atoms with Crippen LogP contribution in [-0.4, -0.2) is 55.1 Å². The van der Waals surface area contributed by atoms with E-state index in [1.54, 1.807) is 0 Å². The number of para-hydroxylation sites is 1. The molecule has 3 aromatic rings. The highest BCUT2D eigenvalue weighted by Gasteiger charge is 2.32. The Balaban J connectivity index is 1.65. The largest absolute Gasteiger partial charge is 0.492 e. The summed E-state index contributed by atoms with van der Waals surface area (Å²) in [6.45, 7) is 9.57. The third kappa shape index (κ3) is 5.35. The lowest BCUT2D eigenvalue weighted by Gasteiger charge is -2.34. The van der Waals surface area contributed by atoms with Crippen molar-refractivity contribution >= 4 is 37.5 Å². The number of fused-ring (bicyclic) bond motifs is 1. The lowest BCUT2D eigenvalue weighted by atomic mass is 10.2. The molecule has 0 radical (unpaired) electrons. The van der Waals surface area contributed by atoms with Gasteiger partial charge in [-0.2, -0.15) is 9.30 Å². The zero-order valence-corrected chi connectivity index (χ0v) is 22.1. The first-order valence-electron chi connectivity index (χ1n) is 11.8. The molecule has 2 atom stereocenters. The van der Waals surface area contributed by atoms with Crippen molar-refractivity contribution in [1.29, 1.82) is 0 Å². The van der Waals surface area contributed by atoms with Crippen molar-refractivity contribution < 1.29 is 22.7 Å². The number of hydrogen-bond donors (Lipinski definition) is 0. The lowest BCUT2D eigenvalue weighted by molar-refractivity contribution is -0.0440. The van der Waals surface area contributed by atoms with Gasteiger partial charge in [-0.25, -0.2) is 8.42 Å². The molecule has 0 spiro atoms. The number of morpholine rings is 1. The molecule has 0 saturated carbocycles. The van der Waals surface area contributed by atoms with Gasteiger partial charge in [-0.05, 0) is 63.6 Å². The summed E-state index contributed by atoms with van der Waals surface area (Å²) >= 11 is 1.43. The zero-order chi connectivity index (χ0) is 25.2. The molecule has 4 rings (SSSR count). The molecule has 0 unspecified atom stereocenters. The molecule has 35 heavy (non-hydrogen) atoms. The fourth-order valence-electron chi connectivity index (χ4n) is 4.28. The fraction of sp³-hybridized carbons (Fsp3) is 0.440. The maximum Gasteiger partial charge on any atom is 0.279 e. The number of thiazole rings is 1. The monoisotopic (exact) mass is 517 g/mol. The minimum absolute atomic E-state index is 0.152. The van der Waals surface area contributed by atoms with E-state index in [9.17, 15) is 13.2 Å². The second kappa shape index (κ2) is 10.6. The van der Waals surface area contributed by atoms with Crippen LogP contribution in [-0.2, 0) is 21.3 Å². The van der Waals surface area contributed by atoms with E-state index in [1.807, 2.05) is 43.5 Å². The van der Waals surface area contributed by atoms with Crippen LogP contribution in [0.15, 0.2) is 52.4 Å². The molecule has 2 aromatic carbocycles. The van der Waals surface area contributed by atoms with Gasteiger partial charge in [-0.15, -0.1) is 0 Å². The maximum absolute atomic E-state index is 13.1. The summed E-state index contributed by atoms with van der Waals surface area (Å²) in [5.41, 5.74) is 1.27. The van der Waals surface area contributed by atoms with Gasteiger partial charge in [0.15, 0.2) is 4.80 Å². The maximum atomic E-state index is 13.1. The highest BCUT2D eigenvalue weighted by molar-refractivity contribution is 7.89. The first-order chi connectivity index (χ1) is 16.7. The molecule has 0 aliphatic carbocycles. The summed E-state index contributed by atoms with van der Waals surface area (Å²) in [5.74, 6) is 0.349. The molecule has 10 heteroatoms. The molecule has 1 fully saturated rings. The van der Waals surface area contributed by atoms with E-state index in [0.29, 0.717) is 36.6 Å². The number of ether oxygens (including phenoxy) is 2. The molecule has 0 bridgehead atoms. The predicted molar refractivity (Wildman–Crippen MR) is 136 cm³/mol. The highest BCUT2D eigenvalue weighted by atomic mass is 32.2. The Bertz CT molecular complexity index is 1370. The lowest BCUT2D eigenvalue weighted by Crippen LogP contribution is -2.48. The SMILES string of the molecule is CCCn1c(=NC(=O)c2ccc(S(=O)(=O)N3C[C@@H](C)O[C@H](C)C3)cc2)sc2cccc(OCC)c21. The average Bonchev–Trinajstić information content (AvgIpc) is 3.17. The minimum Gasteiger partial charge on any atom is -0.492 e. The van der Waals surface area contributed by atoms with Crippen LogP contribution in [0.3, 0.4) is 0 Å². The Labute approximate surface area is 209 Å². The smallest absolute Gasteiger partial charge is 0.279 e. The van der Waals surface area contributed by atoms with E-state index >= 15 is 0 Å². The topological polar surface area (TPSA) is 90.2 Å². The van der Waals surface area contributed by atoms with Crippen LogP contribution >= 0.6 is 11.3 Å². The third-order valence-corrected chi connectivity index (χ3v) is 8.62. The second-order valence-corrected chi connectivity index (χ2v) is 11.5. The Kier molecular flexibility index (Phi) is 7.75. The van der Waals surface area contributed by atoms with E-state index in [1.165, 1.54) is 39.9 Å². The van der Waals surface area contributed by atoms with Crippen LogP contribution < -0.4 is 9.54 Å². The van der Waals surface area contributed by atoms with Gasteiger partial charge in [0.25, 0.3) is 5.91 Å². The van der Waals surface area contributed by atoms with E-state index in [4.69, 9.17) is 9.47 Å². The number of carbonyl (C=O) groups is 1. The average molecular weight is 518 g/mol. The van der Waals surface area contributed by atoms with Crippen molar-refractivity contribution in [1.82, 2.24) is 8.87 Å². The number of aryl methyl sites for hydroxylation is 1. The van der Waals surface area contributed by atoms with Crippen molar-refractivity contribution in [2.45, 2.75) is 57.8 Å². The van der Waals surface area contributed by atoms with E-state index in [0.717, 1.165) is 22.4 Å². The van der Waals surface area contributed by atoms with Crippen LogP contribution in [0.2, 0.25) is 0 Å². The normalized spacial score (nSPS) is 19.8. The van der Waals surface area contributed by atoms with Crippen molar-refractivity contribution in [3.8, 4) is 5.75 Å².